The molecule has 1 aromatic carbocycles. The molecule has 0 aliphatic carbocycles. The second kappa shape index (κ2) is 4.55. The largest absolute Gasteiger partial charge is 0.478 e. The normalized spacial score (nSPS) is 14.3. The summed E-state index contributed by atoms with van der Waals surface area (Å²) in [4.78, 5) is 24.0. The van der Waals surface area contributed by atoms with Gasteiger partial charge in [-0.3, -0.25) is 4.79 Å². The number of amides is 1. The number of nitrogens with zero attached hydrogens (tertiary/aromatic N) is 1. The van der Waals surface area contributed by atoms with Gasteiger partial charge in [-0.1, -0.05) is 6.07 Å². The van der Waals surface area contributed by atoms with E-state index in [4.69, 9.17) is 10.8 Å². The highest BCUT2D eigenvalue weighted by Crippen LogP contribution is 2.20. The molecular weight excluding hydrogens is 220 g/mol. The van der Waals surface area contributed by atoms with E-state index >= 15 is 0 Å². The maximum absolute atomic E-state index is 11.5. The Labute approximate surface area is 98.8 Å². The van der Waals surface area contributed by atoms with Crippen molar-refractivity contribution in [1.29, 1.82) is 0 Å². The summed E-state index contributed by atoms with van der Waals surface area (Å²) in [6.45, 7) is 1.09. The summed E-state index contributed by atoms with van der Waals surface area (Å²) in [7, 11) is 0. The minimum absolute atomic E-state index is 0.00600. The Hall–Kier alpha value is -1.88. The summed E-state index contributed by atoms with van der Waals surface area (Å²) in [5, 5.41) is 8.91. The summed E-state index contributed by atoms with van der Waals surface area (Å²) in [6.07, 6.45) is 0.751. The Balaban J connectivity index is 2.26. The molecule has 1 heterocycles. The molecule has 0 saturated heterocycles. The van der Waals surface area contributed by atoms with Crippen LogP contribution in [0.1, 0.15) is 21.5 Å². The highest BCUT2D eigenvalue weighted by atomic mass is 16.4. The number of hydrogen-bond donors (Lipinski definition) is 2. The molecule has 1 aliphatic heterocycles. The van der Waals surface area contributed by atoms with E-state index in [1.54, 1.807) is 17.0 Å². The SMILES string of the molecule is NCC(=O)N1CCc2ccc(C(=O)O)cc2C1. The lowest BCUT2D eigenvalue weighted by Crippen LogP contribution is -2.39. The number of aromatic carboxylic acids is 1. The van der Waals surface area contributed by atoms with Crippen molar-refractivity contribution in [2.24, 2.45) is 5.73 Å². The van der Waals surface area contributed by atoms with E-state index in [1.165, 1.54) is 0 Å². The van der Waals surface area contributed by atoms with Gasteiger partial charge in [-0.05, 0) is 29.7 Å². The molecule has 0 radical (unpaired) electrons. The molecular formula is C12H14N2O3. The summed E-state index contributed by atoms with van der Waals surface area (Å²) in [5.74, 6) is -1.05. The van der Waals surface area contributed by atoms with Gasteiger partial charge in [0.2, 0.25) is 5.91 Å². The van der Waals surface area contributed by atoms with Crippen molar-refractivity contribution in [3.05, 3.63) is 34.9 Å². The molecule has 2 rings (SSSR count). The van der Waals surface area contributed by atoms with Gasteiger partial charge >= 0.3 is 5.97 Å². The number of carboxylic acid groups (broad SMARTS) is 1. The number of nitrogens with two attached hydrogens (primary N) is 1. The van der Waals surface area contributed by atoms with Crippen LogP contribution in [0.5, 0.6) is 0 Å². The van der Waals surface area contributed by atoms with Gasteiger partial charge in [-0.2, -0.15) is 0 Å². The zero-order valence-electron chi connectivity index (χ0n) is 9.35. The Bertz CT molecular complexity index is 471. The van der Waals surface area contributed by atoms with Crippen LogP contribution in [0.2, 0.25) is 0 Å². The quantitative estimate of drug-likeness (QED) is 0.767. The fourth-order valence-corrected chi connectivity index (χ4v) is 2.03. The number of hydrogen-bond acceptors (Lipinski definition) is 3. The number of fused-ring (bicyclic) bond motifs is 1. The maximum Gasteiger partial charge on any atom is 0.335 e. The van der Waals surface area contributed by atoms with E-state index < -0.39 is 5.97 Å². The first kappa shape index (κ1) is 11.6. The first-order valence-electron chi connectivity index (χ1n) is 5.44. The molecule has 0 spiro atoms. The number of rotatable bonds is 2. The average molecular weight is 234 g/mol. The van der Waals surface area contributed by atoms with Crippen LogP contribution in [0, 0.1) is 0 Å². The van der Waals surface area contributed by atoms with Gasteiger partial charge in [0.15, 0.2) is 0 Å². The topological polar surface area (TPSA) is 83.6 Å². The molecule has 1 amide bonds. The zero-order valence-corrected chi connectivity index (χ0v) is 9.35. The molecule has 0 saturated carbocycles. The molecule has 17 heavy (non-hydrogen) atoms. The Morgan fingerprint density at radius 1 is 1.35 bits per heavy atom. The van der Waals surface area contributed by atoms with Crippen LogP contribution in [-0.4, -0.2) is 35.0 Å². The standard InChI is InChI=1S/C12H14N2O3/c13-6-11(15)14-4-3-8-1-2-9(12(16)17)5-10(8)7-14/h1-2,5H,3-4,6-7,13H2,(H,16,17). The number of carbonyl (C=O) groups is 2. The number of benzene rings is 1. The predicted molar refractivity (Wildman–Crippen MR) is 61.6 cm³/mol. The number of carbonyl (C=O) groups excluding carboxylic acids is 1. The highest BCUT2D eigenvalue weighted by molar-refractivity contribution is 5.88. The van der Waals surface area contributed by atoms with Gasteiger partial charge in [0.25, 0.3) is 0 Å². The monoisotopic (exact) mass is 234 g/mol. The minimum atomic E-state index is -0.949. The average Bonchev–Trinajstić information content (AvgIpc) is 2.36. The van der Waals surface area contributed by atoms with Crippen LogP contribution in [0.4, 0.5) is 0 Å². The molecule has 0 fully saturated rings. The molecule has 0 aromatic heterocycles. The lowest BCUT2D eigenvalue weighted by molar-refractivity contribution is -0.130. The van der Waals surface area contributed by atoms with Gasteiger partial charge in [-0.25, -0.2) is 4.79 Å². The van der Waals surface area contributed by atoms with E-state index in [9.17, 15) is 9.59 Å². The Morgan fingerprint density at radius 3 is 2.76 bits per heavy atom. The predicted octanol–water partition coefficient (Wildman–Crippen LogP) is 0.228. The fourth-order valence-electron chi connectivity index (χ4n) is 2.03. The second-order valence-electron chi connectivity index (χ2n) is 4.06. The third-order valence-electron chi connectivity index (χ3n) is 2.99. The van der Waals surface area contributed by atoms with Gasteiger partial charge in [0, 0.05) is 13.1 Å². The number of carboxylic acids is 1. The zero-order chi connectivity index (χ0) is 12.4. The lowest BCUT2D eigenvalue weighted by Gasteiger charge is -2.28. The first-order valence-corrected chi connectivity index (χ1v) is 5.44. The third-order valence-corrected chi connectivity index (χ3v) is 2.99. The summed E-state index contributed by atoms with van der Waals surface area (Å²) in [6, 6.07) is 5.05. The molecule has 90 valence electrons. The van der Waals surface area contributed by atoms with Crippen LogP contribution < -0.4 is 5.73 Å². The van der Waals surface area contributed by atoms with Crippen molar-refractivity contribution in [2.75, 3.05) is 13.1 Å². The maximum atomic E-state index is 11.5. The highest BCUT2D eigenvalue weighted by Gasteiger charge is 2.20. The molecule has 5 nitrogen and oxygen atoms in total. The molecule has 0 bridgehead atoms. The van der Waals surface area contributed by atoms with E-state index in [2.05, 4.69) is 0 Å². The van der Waals surface area contributed by atoms with E-state index in [1.807, 2.05) is 6.07 Å². The molecule has 1 aliphatic rings. The summed E-state index contributed by atoms with van der Waals surface area (Å²) < 4.78 is 0. The van der Waals surface area contributed by atoms with E-state index in [-0.39, 0.29) is 18.0 Å². The van der Waals surface area contributed by atoms with E-state index in [0.717, 1.165) is 17.5 Å². The lowest BCUT2D eigenvalue weighted by atomic mass is 9.97. The van der Waals surface area contributed by atoms with Gasteiger partial charge in [-0.15, -0.1) is 0 Å². The Kier molecular flexibility index (Phi) is 3.10. The van der Waals surface area contributed by atoms with Crippen molar-refractivity contribution in [3.63, 3.8) is 0 Å². The molecule has 0 unspecified atom stereocenters. The van der Waals surface area contributed by atoms with Crippen LogP contribution in [0.25, 0.3) is 0 Å². The Morgan fingerprint density at radius 2 is 2.12 bits per heavy atom. The van der Waals surface area contributed by atoms with Gasteiger partial charge in [0.05, 0.1) is 12.1 Å². The van der Waals surface area contributed by atoms with Crippen molar-refractivity contribution in [1.82, 2.24) is 4.90 Å². The van der Waals surface area contributed by atoms with E-state index in [0.29, 0.717) is 13.1 Å². The fraction of sp³-hybridized carbons (Fsp3) is 0.333. The van der Waals surface area contributed by atoms with Crippen LogP contribution in [0.3, 0.4) is 0 Å². The van der Waals surface area contributed by atoms with Crippen molar-refractivity contribution >= 4 is 11.9 Å². The smallest absolute Gasteiger partial charge is 0.335 e. The third kappa shape index (κ3) is 2.29. The van der Waals surface area contributed by atoms with Crippen molar-refractivity contribution in [3.8, 4) is 0 Å². The van der Waals surface area contributed by atoms with Crippen LogP contribution in [0.15, 0.2) is 18.2 Å². The first-order chi connectivity index (χ1) is 8.11. The summed E-state index contributed by atoms with van der Waals surface area (Å²) >= 11 is 0. The van der Waals surface area contributed by atoms with Gasteiger partial charge < -0.3 is 15.7 Å². The molecule has 0 atom stereocenters. The van der Waals surface area contributed by atoms with Crippen molar-refractivity contribution < 1.29 is 14.7 Å². The molecule has 3 N–H and O–H groups in total. The molecule has 5 heteroatoms. The molecule has 1 aromatic rings. The van der Waals surface area contributed by atoms with Crippen molar-refractivity contribution in [2.45, 2.75) is 13.0 Å². The minimum Gasteiger partial charge on any atom is -0.478 e. The summed E-state index contributed by atoms with van der Waals surface area (Å²) in [5.41, 5.74) is 7.58. The van der Waals surface area contributed by atoms with Crippen LogP contribution in [-0.2, 0) is 17.8 Å². The van der Waals surface area contributed by atoms with Gasteiger partial charge in [0.1, 0.15) is 0 Å². The second-order valence-corrected chi connectivity index (χ2v) is 4.06. The van der Waals surface area contributed by atoms with Crippen LogP contribution >= 0.6 is 0 Å².